The van der Waals surface area contributed by atoms with E-state index in [1.807, 2.05) is 0 Å². The van der Waals surface area contributed by atoms with Gasteiger partial charge in [-0.3, -0.25) is 9.59 Å². The third-order valence-corrected chi connectivity index (χ3v) is 2.56. The molecule has 1 rings (SSSR count). The maximum Gasteiger partial charge on any atom is 0.255 e. The Balaban J connectivity index is 2.75. The van der Waals surface area contributed by atoms with Crippen molar-refractivity contribution in [1.29, 1.82) is 0 Å². The molecule has 18 heavy (non-hydrogen) atoms. The number of phenols is 1. The lowest BCUT2D eigenvalue weighted by molar-refractivity contribution is -0.125. The van der Waals surface area contributed by atoms with E-state index in [1.54, 1.807) is 13.8 Å². The number of rotatable bonds is 4. The summed E-state index contributed by atoms with van der Waals surface area (Å²) in [4.78, 5) is 22.8. The van der Waals surface area contributed by atoms with Crippen molar-refractivity contribution in [2.45, 2.75) is 13.8 Å². The molecule has 0 radical (unpaired) electrons. The molecule has 0 aliphatic carbocycles. The predicted octanol–water partition coefficient (Wildman–Crippen LogP) is 0.773. The first-order chi connectivity index (χ1) is 8.24. The van der Waals surface area contributed by atoms with Gasteiger partial charge in [-0.15, -0.1) is 0 Å². The van der Waals surface area contributed by atoms with E-state index < -0.39 is 28.8 Å². The van der Waals surface area contributed by atoms with Crippen molar-refractivity contribution < 1.29 is 19.1 Å². The number of halogens is 1. The minimum atomic E-state index is -0.898. The van der Waals surface area contributed by atoms with Crippen LogP contribution < -0.4 is 11.1 Å². The van der Waals surface area contributed by atoms with Crippen LogP contribution in [0.3, 0.4) is 0 Å². The average molecular weight is 254 g/mol. The summed E-state index contributed by atoms with van der Waals surface area (Å²) in [5.74, 6) is -2.24. The number of benzene rings is 1. The van der Waals surface area contributed by atoms with E-state index >= 15 is 0 Å². The average Bonchev–Trinajstić information content (AvgIpc) is 2.25. The molecule has 0 aliphatic heterocycles. The van der Waals surface area contributed by atoms with Gasteiger partial charge in [0.05, 0.1) is 11.0 Å². The molecule has 0 fully saturated rings. The molecule has 1 aromatic carbocycles. The van der Waals surface area contributed by atoms with Crippen molar-refractivity contribution in [3.63, 3.8) is 0 Å². The molecule has 2 amide bonds. The molecule has 0 saturated carbocycles. The first kappa shape index (κ1) is 14.0. The van der Waals surface area contributed by atoms with Gasteiger partial charge in [0, 0.05) is 12.6 Å². The number of carbonyl (C=O) groups excluding carboxylic acids is 2. The molecule has 98 valence electrons. The van der Waals surface area contributed by atoms with Crippen LogP contribution in [0.5, 0.6) is 5.75 Å². The van der Waals surface area contributed by atoms with Gasteiger partial charge in [-0.25, -0.2) is 4.39 Å². The molecule has 6 heteroatoms. The Kier molecular flexibility index (Phi) is 3.90. The fourth-order valence-corrected chi connectivity index (χ4v) is 1.18. The topological polar surface area (TPSA) is 92.4 Å². The zero-order valence-corrected chi connectivity index (χ0v) is 10.2. The number of primary amides is 1. The molecule has 4 N–H and O–H groups in total. The van der Waals surface area contributed by atoms with Crippen LogP contribution in [0.4, 0.5) is 4.39 Å². The number of nitrogens with two attached hydrogens (primary N) is 1. The Morgan fingerprint density at radius 1 is 1.44 bits per heavy atom. The molecule has 0 saturated heterocycles. The van der Waals surface area contributed by atoms with Gasteiger partial charge < -0.3 is 16.2 Å². The van der Waals surface area contributed by atoms with Crippen LogP contribution in [-0.2, 0) is 4.79 Å². The van der Waals surface area contributed by atoms with Crippen LogP contribution in [0.1, 0.15) is 24.2 Å². The summed E-state index contributed by atoms with van der Waals surface area (Å²) >= 11 is 0. The number of aromatic hydroxyl groups is 1. The van der Waals surface area contributed by atoms with E-state index in [4.69, 9.17) is 5.73 Å². The predicted molar refractivity (Wildman–Crippen MR) is 63.4 cm³/mol. The molecule has 0 unspecified atom stereocenters. The van der Waals surface area contributed by atoms with Crippen LogP contribution in [0.15, 0.2) is 18.2 Å². The minimum Gasteiger partial charge on any atom is -0.507 e. The molecule has 5 nitrogen and oxygen atoms in total. The fraction of sp³-hybridized carbons (Fsp3) is 0.333. The monoisotopic (exact) mass is 254 g/mol. The molecule has 0 bridgehead atoms. The summed E-state index contributed by atoms with van der Waals surface area (Å²) in [5.41, 5.74) is 4.20. The smallest absolute Gasteiger partial charge is 0.255 e. The van der Waals surface area contributed by atoms with E-state index in [0.717, 1.165) is 18.2 Å². The van der Waals surface area contributed by atoms with Gasteiger partial charge >= 0.3 is 0 Å². The lowest BCUT2D eigenvalue weighted by Crippen LogP contribution is -2.42. The lowest BCUT2D eigenvalue weighted by atomic mass is 9.92. The van der Waals surface area contributed by atoms with Crippen LogP contribution in [0.2, 0.25) is 0 Å². The third kappa shape index (κ3) is 3.19. The molecular weight excluding hydrogens is 239 g/mol. The van der Waals surface area contributed by atoms with E-state index in [1.165, 1.54) is 0 Å². The molecule has 1 aromatic rings. The highest BCUT2D eigenvalue weighted by atomic mass is 19.1. The molecule has 0 heterocycles. The number of nitrogens with one attached hydrogen (secondary N) is 1. The Labute approximate surface area is 104 Å². The van der Waals surface area contributed by atoms with Gasteiger partial charge in [-0.2, -0.15) is 0 Å². The van der Waals surface area contributed by atoms with Crippen molar-refractivity contribution in [3.05, 3.63) is 29.6 Å². The highest BCUT2D eigenvalue weighted by Gasteiger charge is 2.26. The fourth-order valence-electron chi connectivity index (χ4n) is 1.18. The summed E-state index contributed by atoms with van der Waals surface area (Å²) in [5, 5.41) is 11.9. The van der Waals surface area contributed by atoms with Crippen molar-refractivity contribution in [1.82, 2.24) is 5.32 Å². The summed E-state index contributed by atoms with van der Waals surface area (Å²) in [6.45, 7) is 3.19. The Hall–Kier alpha value is -2.11. The van der Waals surface area contributed by atoms with Crippen LogP contribution in [0, 0.1) is 11.2 Å². The highest BCUT2D eigenvalue weighted by Crippen LogP contribution is 2.18. The normalized spacial score (nSPS) is 11.1. The number of hydrogen-bond donors (Lipinski definition) is 3. The van der Waals surface area contributed by atoms with Gasteiger partial charge in [0.15, 0.2) is 0 Å². The largest absolute Gasteiger partial charge is 0.507 e. The molecule has 0 atom stereocenters. The number of carbonyl (C=O) groups is 2. The number of amides is 2. The SMILES string of the molecule is CC(C)(CNC(=O)c1ccc(F)cc1O)C(N)=O. The molecule has 0 aliphatic rings. The zero-order valence-electron chi connectivity index (χ0n) is 10.2. The second kappa shape index (κ2) is 5.03. The van der Waals surface area contributed by atoms with Crippen molar-refractivity contribution >= 4 is 11.8 Å². The highest BCUT2D eigenvalue weighted by molar-refractivity contribution is 5.97. The summed E-state index contributed by atoms with van der Waals surface area (Å²) in [6, 6.07) is 3.07. The summed E-state index contributed by atoms with van der Waals surface area (Å²) in [6.07, 6.45) is 0. The lowest BCUT2D eigenvalue weighted by Gasteiger charge is -2.20. The van der Waals surface area contributed by atoms with Crippen LogP contribution >= 0.6 is 0 Å². The van der Waals surface area contributed by atoms with Crippen molar-refractivity contribution in [2.24, 2.45) is 11.1 Å². The Morgan fingerprint density at radius 2 is 2.06 bits per heavy atom. The molecule has 0 aromatic heterocycles. The van der Waals surface area contributed by atoms with Gasteiger partial charge in [0.25, 0.3) is 5.91 Å². The second-order valence-corrected chi connectivity index (χ2v) is 4.59. The van der Waals surface area contributed by atoms with Crippen LogP contribution in [-0.4, -0.2) is 23.5 Å². The third-order valence-electron chi connectivity index (χ3n) is 2.56. The maximum absolute atomic E-state index is 12.7. The van der Waals surface area contributed by atoms with Gasteiger partial charge in [0.1, 0.15) is 11.6 Å². The second-order valence-electron chi connectivity index (χ2n) is 4.59. The van der Waals surface area contributed by atoms with Crippen LogP contribution in [0.25, 0.3) is 0 Å². The minimum absolute atomic E-state index is 0.0258. The first-order valence-electron chi connectivity index (χ1n) is 5.30. The zero-order chi connectivity index (χ0) is 13.9. The summed E-state index contributed by atoms with van der Waals surface area (Å²) in [7, 11) is 0. The van der Waals surface area contributed by atoms with E-state index in [9.17, 15) is 19.1 Å². The maximum atomic E-state index is 12.7. The standard InChI is InChI=1S/C12H15FN2O3/c1-12(2,11(14)18)6-15-10(17)8-4-3-7(13)5-9(8)16/h3-5,16H,6H2,1-2H3,(H2,14,18)(H,15,17). The van der Waals surface area contributed by atoms with Crippen molar-refractivity contribution in [2.75, 3.05) is 6.54 Å². The van der Waals surface area contributed by atoms with Gasteiger partial charge in [0.2, 0.25) is 5.91 Å². The van der Waals surface area contributed by atoms with E-state index in [0.29, 0.717) is 0 Å². The summed E-state index contributed by atoms with van der Waals surface area (Å²) < 4.78 is 12.7. The van der Waals surface area contributed by atoms with Gasteiger partial charge in [-0.05, 0) is 26.0 Å². The number of hydrogen-bond acceptors (Lipinski definition) is 3. The number of phenolic OH excluding ortho intramolecular Hbond substituents is 1. The quantitative estimate of drug-likeness (QED) is 0.741. The Morgan fingerprint density at radius 3 is 2.56 bits per heavy atom. The Bertz CT molecular complexity index is 486. The van der Waals surface area contributed by atoms with Crippen molar-refractivity contribution in [3.8, 4) is 5.75 Å². The van der Waals surface area contributed by atoms with E-state index in [-0.39, 0.29) is 12.1 Å². The molecular formula is C12H15FN2O3. The molecule has 0 spiro atoms. The van der Waals surface area contributed by atoms with E-state index in [2.05, 4.69) is 5.32 Å². The van der Waals surface area contributed by atoms with Gasteiger partial charge in [-0.1, -0.05) is 0 Å². The first-order valence-corrected chi connectivity index (χ1v) is 5.30.